The lowest BCUT2D eigenvalue weighted by Gasteiger charge is -2.44. The van der Waals surface area contributed by atoms with E-state index in [1.54, 1.807) is 7.11 Å². The summed E-state index contributed by atoms with van der Waals surface area (Å²) >= 11 is 0. The largest absolute Gasteiger partial charge is 0.497 e. The summed E-state index contributed by atoms with van der Waals surface area (Å²) in [6.07, 6.45) is 1.43. The van der Waals surface area contributed by atoms with Crippen LogP contribution in [0.4, 0.5) is 4.79 Å². The molecule has 1 fully saturated rings. The predicted octanol–water partition coefficient (Wildman–Crippen LogP) is 2.81. The number of carbonyl (C=O) groups excluding carboxylic acids is 1. The summed E-state index contributed by atoms with van der Waals surface area (Å²) in [6, 6.07) is 15.3. The van der Waals surface area contributed by atoms with Crippen LogP contribution in [0.5, 0.6) is 11.5 Å². The van der Waals surface area contributed by atoms with Gasteiger partial charge in [0.05, 0.1) is 12.6 Å². The lowest BCUT2D eigenvalue weighted by Crippen LogP contribution is -2.58. The Kier molecular flexibility index (Phi) is 6.25. The van der Waals surface area contributed by atoms with Gasteiger partial charge < -0.3 is 29.8 Å². The summed E-state index contributed by atoms with van der Waals surface area (Å²) in [5.41, 5.74) is 2.66. The van der Waals surface area contributed by atoms with Crippen molar-refractivity contribution in [2.24, 2.45) is 0 Å². The lowest BCUT2D eigenvalue weighted by molar-refractivity contribution is -0.135. The highest BCUT2D eigenvalue weighted by atomic mass is 16.5. The van der Waals surface area contributed by atoms with Gasteiger partial charge in [-0.2, -0.15) is 0 Å². The van der Waals surface area contributed by atoms with Crippen molar-refractivity contribution in [2.75, 3.05) is 46.4 Å². The van der Waals surface area contributed by atoms with Gasteiger partial charge in [-0.05, 0) is 48.7 Å². The molecule has 1 saturated heterocycles. The molecule has 0 aliphatic carbocycles. The number of aromatic amines is 1. The van der Waals surface area contributed by atoms with Crippen molar-refractivity contribution in [3.63, 3.8) is 0 Å². The average Bonchev–Trinajstić information content (AvgIpc) is 3.46. The number of para-hydroxylation sites is 1. The first-order valence-electron chi connectivity index (χ1n) is 11.9. The molecule has 3 heterocycles. The smallest absolute Gasteiger partial charge is 0.323 e. The first-order valence-corrected chi connectivity index (χ1v) is 11.9. The molecular weight excluding hydrogens is 448 g/mol. The summed E-state index contributed by atoms with van der Waals surface area (Å²) in [4.78, 5) is 32.0. The molecular formula is C26H30N4O5. The average molecular weight is 479 g/mol. The number of rotatable bonds is 7. The van der Waals surface area contributed by atoms with Crippen molar-refractivity contribution in [1.82, 2.24) is 20.1 Å². The SMILES string of the molecule is COc1ccc2[nH]c3c(c2c1)CCN(C(=O)NCC(=O)O)C31CCN(CCOc2ccccc2)C1. The van der Waals surface area contributed by atoms with Crippen molar-refractivity contribution >= 4 is 22.9 Å². The first-order chi connectivity index (χ1) is 17.0. The third-order valence-electron chi connectivity index (χ3n) is 7.06. The van der Waals surface area contributed by atoms with E-state index < -0.39 is 18.1 Å². The maximum Gasteiger partial charge on any atom is 0.323 e. The first kappa shape index (κ1) is 23.0. The molecule has 1 unspecified atom stereocenters. The van der Waals surface area contributed by atoms with Crippen LogP contribution in [-0.4, -0.2) is 78.3 Å². The van der Waals surface area contributed by atoms with Gasteiger partial charge >= 0.3 is 12.0 Å². The standard InChI is InChI=1S/C26H30N4O5/c1-34-19-7-8-22-21(15-19)20-9-11-30(25(33)27-16-23(31)32)26(24(20)28-22)10-12-29(17-26)13-14-35-18-5-3-2-4-6-18/h2-8,15,28H,9-14,16-17H2,1H3,(H,27,33)(H,31,32). The molecule has 2 aromatic carbocycles. The summed E-state index contributed by atoms with van der Waals surface area (Å²) in [7, 11) is 1.66. The van der Waals surface area contributed by atoms with E-state index >= 15 is 0 Å². The molecule has 184 valence electrons. The molecule has 9 heteroatoms. The zero-order chi connectivity index (χ0) is 24.4. The fourth-order valence-corrected chi connectivity index (χ4v) is 5.42. The summed E-state index contributed by atoms with van der Waals surface area (Å²) < 4.78 is 11.3. The number of carboxylic acid groups (broad SMARTS) is 1. The van der Waals surface area contributed by atoms with Crippen LogP contribution in [-0.2, 0) is 16.8 Å². The third kappa shape index (κ3) is 4.39. The fraction of sp³-hybridized carbons (Fsp3) is 0.385. The molecule has 9 nitrogen and oxygen atoms in total. The Morgan fingerprint density at radius 2 is 1.97 bits per heavy atom. The molecule has 5 rings (SSSR count). The molecule has 1 spiro atoms. The highest BCUT2D eigenvalue weighted by Gasteiger charge is 2.51. The van der Waals surface area contributed by atoms with Crippen molar-refractivity contribution in [1.29, 1.82) is 0 Å². The quantitative estimate of drug-likeness (QED) is 0.482. The normalized spacial score (nSPS) is 19.6. The second-order valence-electron chi connectivity index (χ2n) is 9.06. The van der Waals surface area contributed by atoms with Crippen molar-refractivity contribution in [2.45, 2.75) is 18.4 Å². The number of ether oxygens (including phenoxy) is 2. The third-order valence-corrected chi connectivity index (χ3v) is 7.06. The molecule has 0 radical (unpaired) electrons. The Hall–Kier alpha value is -3.72. The number of carboxylic acids is 1. The van der Waals surface area contributed by atoms with Crippen LogP contribution >= 0.6 is 0 Å². The number of amides is 2. The van der Waals surface area contributed by atoms with Gasteiger partial charge in [-0.1, -0.05) is 18.2 Å². The number of aliphatic carboxylic acids is 1. The monoisotopic (exact) mass is 478 g/mol. The van der Waals surface area contributed by atoms with E-state index in [0.717, 1.165) is 47.6 Å². The van der Waals surface area contributed by atoms with Crippen LogP contribution in [0.1, 0.15) is 17.7 Å². The predicted molar refractivity (Wildman–Crippen MR) is 131 cm³/mol. The maximum absolute atomic E-state index is 13.2. The van der Waals surface area contributed by atoms with Gasteiger partial charge in [0.1, 0.15) is 24.7 Å². The Labute approximate surface area is 203 Å². The second-order valence-corrected chi connectivity index (χ2v) is 9.06. The van der Waals surface area contributed by atoms with Gasteiger partial charge in [0.15, 0.2) is 0 Å². The van der Waals surface area contributed by atoms with E-state index in [1.807, 2.05) is 53.4 Å². The van der Waals surface area contributed by atoms with Crippen LogP contribution in [0.15, 0.2) is 48.5 Å². The van der Waals surface area contributed by atoms with Crippen LogP contribution < -0.4 is 14.8 Å². The highest BCUT2D eigenvalue weighted by Crippen LogP contribution is 2.45. The number of hydrogen-bond donors (Lipinski definition) is 3. The molecule has 1 atom stereocenters. The number of benzene rings is 2. The Morgan fingerprint density at radius 1 is 1.14 bits per heavy atom. The van der Waals surface area contributed by atoms with Crippen molar-refractivity contribution in [3.8, 4) is 11.5 Å². The summed E-state index contributed by atoms with van der Waals surface area (Å²) in [5.74, 6) is 0.565. The summed E-state index contributed by atoms with van der Waals surface area (Å²) in [5, 5.41) is 12.8. The van der Waals surface area contributed by atoms with Crippen LogP contribution in [0.25, 0.3) is 10.9 Å². The van der Waals surface area contributed by atoms with Gasteiger partial charge in [0.2, 0.25) is 0 Å². The Bertz CT molecular complexity index is 1230. The van der Waals surface area contributed by atoms with Crippen molar-refractivity contribution < 1.29 is 24.2 Å². The molecule has 3 aromatic rings. The second kappa shape index (κ2) is 9.50. The van der Waals surface area contributed by atoms with Gasteiger partial charge in [-0.3, -0.25) is 9.69 Å². The minimum Gasteiger partial charge on any atom is -0.497 e. The minimum absolute atomic E-state index is 0.350. The van der Waals surface area contributed by atoms with Crippen molar-refractivity contribution in [3.05, 3.63) is 59.8 Å². The van der Waals surface area contributed by atoms with Gasteiger partial charge in [0, 0.05) is 42.8 Å². The van der Waals surface area contributed by atoms with E-state index in [4.69, 9.17) is 14.6 Å². The number of urea groups is 1. The van der Waals surface area contributed by atoms with Crippen LogP contribution in [0.2, 0.25) is 0 Å². The number of nitrogens with zero attached hydrogens (tertiary/aromatic N) is 2. The number of carbonyl (C=O) groups is 2. The lowest BCUT2D eigenvalue weighted by atomic mass is 9.84. The van der Waals surface area contributed by atoms with E-state index in [2.05, 4.69) is 15.2 Å². The van der Waals surface area contributed by atoms with E-state index in [9.17, 15) is 9.59 Å². The number of hydrogen-bond acceptors (Lipinski definition) is 5. The van der Waals surface area contributed by atoms with Gasteiger partial charge in [-0.15, -0.1) is 0 Å². The number of fused-ring (bicyclic) bond motifs is 4. The van der Waals surface area contributed by atoms with E-state index in [-0.39, 0.29) is 6.03 Å². The van der Waals surface area contributed by atoms with Crippen LogP contribution in [0.3, 0.4) is 0 Å². The molecule has 2 aliphatic heterocycles. The topological polar surface area (TPSA) is 107 Å². The number of nitrogens with one attached hydrogen (secondary N) is 2. The Balaban J connectivity index is 1.42. The van der Waals surface area contributed by atoms with E-state index in [1.165, 1.54) is 5.56 Å². The summed E-state index contributed by atoms with van der Waals surface area (Å²) in [6.45, 7) is 2.82. The molecule has 0 saturated carbocycles. The molecule has 0 bridgehead atoms. The Morgan fingerprint density at radius 3 is 2.74 bits per heavy atom. The van der Waals surface area contributed by atoms with Gasteiger partial charge in [-0.25, -0.2) is 4.79 Å². The zero-order valence-electron chi connectivity index (χ0n) is 19.8. The van der Waals surface area contributed by atoms with E-state index in [0.29, 0.717) is 26.1 Å². The number of likely N-dealkylation sites (tertiary alicyclic amines) is 1. The minimum atomic E-state index is -1.06. The number of aromatic nitrogens is 1. The molecule has 2 aliphatic rings. The van der Waals surface area contributed by atoms with Crippen LogP contribution in [0, 0.1) is 0 Å². The zero-order valence-corrected chi connectivity index (χ0v) is 19.8. The van der Waals surface area contributed by atoms with Gasteiger partial charge in [0.25, 0.3) is 0 Å². The molecule has 2 amide bonds. The number of H-pyrrole nitrogens is 1. The molecule has 1 aromatic heterocycles. The fourth-order valence-electron chi connectivity index (χ4n) is 5.42. The number of methoxy groups -OCH3 is 1. The molecule has 3 N–H and O–H groups in total. The maximum atomic E-state index is 13.2. The molecule has 35 heavy (non-hydrogen) atoms. The highest BCUT2D eigenvalue weighted by molar-refractivity contribution is 5.88.